The largest absolute Gasteiger partial charge is 0.507 e. The molecule has 38 heteroatoms. The van der Waals surface area contributed by atoms with Gasteiger partial charge in [0.1, 0.15) is 32.8 Å². The fourth-order valence-electron chi connectivity index (χ4n) is 8.45. The first kappa shape index (κ1) is 69.9. The third kappa shape index (κ3) is 17.5. The van der Waals surface area contributed by atoms with E-state index in [2.05, 4.69) is 77.5 Å². The van der Waals surface area contributed by atoms with Crippen LogP contribution in [0, 0.1) is 11.8 Å². The maximum absolute atomic E-state index is 13.2. The van der Waals surface area contributed by atoms with Gasteiger partial charge in [0.05, 0.1) is 38.6 Å². The lowest BCUT2D eigenvalue weighted by Gasteiger charge is -2.34. The van der Waals surface area contributed by atoms with Crippen molar-refractivity contribution in [2.24, 2.45) is 11.8 Å². The standard InChI is InChI=1S/C25H23Cl2F2N5O7S.C24H21Cl2F2N5O7S.CH4.BBr3/c1-40-18-5-4-15(10-19(18)42(38,39)33-13-6-11(7-13)23(35)30-12-2-3-12)41-21-16(26)8-14(9-17(21)27)34-25(37)31-24(36)20(32-34)22(28)29;25-15-7-13(33-24(37)30-23(36)19(31-33)21(27)28)8-16(26)20(15)40-14-3-4-17(34)18(9-14)41(38,39)32-12-5-10(6-12)22(35)29-11-1-2-11;;2-1(3)4/h4-5,8-13,22,33H,2-3,6-7H2,1H3,(H,30,35)(H,31,36,37);3-4,7-12,21,32,34H,1-2,5-6H2,(H,29,35)(H,30,36,37);1H4;. The van der Waals surface area contributed by atoms with Crippen molar-refractivity contribution in [1.82, 2.24) is 49.6 Å². The molecule has 2 heterocycles. The summed E-state index contributed by atoms with van der Waals surface area (Å²) >= 11 is 34.5. The molecule has 24 nitrogen and oxygen atoms in total. The number of aromatic hydroxyl groups is 1. The molecule has 0 atom stereocenters. The third-order valence-corrected chi connectivity index (χ3v) is 17.4. The number of phenolic OH excluding ortho intramolecular Hbond substituents is 1. The van der Waals surface area contributed by atoms with Crippen molar-refractivity contribution in [3.05, 3.63) is 134 Å². The number of methoxy groups -OCH3 is 1. The molecule has 0 radical (unpaired) electrons. The second-order valence-electron chi connectivity index (χ2n) is 19.6. The van der Waals surface area contributed by atoms with E-state index < -0.39 is 89.5 Å². The highest BCUT2D eigenvalue weighted by molar-refractivity contribution is 9.69. The molecule has 4 fully saturated rings. The molecular weight excluding hydrogens is 1500 g/mol. The number of nitrogens with one attached hydrogen (secondary N) is 6. The van der Waals surface area contributed by atoms with Crippen LogP contribution in [0.25, 0.3) is 11.4 Å². The Kier molecular flexibility index (Phi) is 23.2. The van der Waals surface area contributed by atoms with Crippen LogP contribution in [-0.4, -0.2) is 97.7 Å². The van der Waals surface area contributed by atoms with Gasteiger partial charge in [-0.3, -0.25) is 29.1 Å². The number of amides is 2. The molecule has 4 aromatic carbocycles. The van der Waals surface area contributed by atoms with Crippen LogP contribution in [0.2, 0.25) is 20.1 Å². The first-order valence-electron chi connectivity index (χ1n) is 25.4. The van der Waals surface area contributed by atoms with E-state index in [-0.39, 0.29) is 111 Å². The molecule has 4 saturated carbocycles. The molecule has 0 unspecified atom stereocenters. The Hall–Kier alpha value is -5.56. The first-order chi connectivity index (χ1) is 40.9. The minimum Gasteiger partial charge on any atom is -0.507 e. The second kappa shape index (κ2) is 29.2. The highest BCUT2D eigenvalue weighted by atomic mass is 79.9. The van der Waals surface area contributed by atoms with Crippen molar-refractivity contribution in [2.75, 3.05) is 7.11 Å². The highest BCUT2D eigenvalue weighted by Gasteiger charge is 2.41. The van der Waals surface area contributed by atoms with Gasteiger partial charge in [0.2, 0.25) is 31.9 Å². The molecule has 6 aromatic rings. The van der Waals surface area contributed by atoms with Crippen LogP contribution in [0.3, 0.4) is 0 Å². The number of hydrogen-bond acceptors (Lipinski definition) is 16. The molecule has 7 N–H and O–H groups in total. The maximum Gasteiger partial charge on any atom is 0.369 e. The summed E-state index contributed by atoms with van der Waals surface area (Å²) in [4.78, 5) is 74.6. The van der Waals surface area contributed by atoms with Gasteiger partial charge in [-0.05, 0) is 99.9 Å². The summed E-state index contributed by atoms with van der Waals surface area (Å²) in [6.07, 6.45) is -1.34. The van der Waals surface area contributed by atoms with Gasteiger partial charge in [-0.25, -0.2) is 53.4 Å². The lowest BCUT2D eigenvalue weighted by atomic mass is 9.80. The number of H-pyrrole nitrogens is 2. The van der Waals surface area contributed by atoms with E-state index >= 15 is 0 Å². The Morgan fingerprint density at radius 1 is 0.625 bits per heavy atom. The smallest absolute Gasteiger partial charge is 0.369 e. The fourth-order valence-corrected chi connectivity index (χ4v) is 12.4. The lowest BCUT2D eigenvalue weighted by Crippen LogP contribution is -2.49. The van der Waals surface area contributed by atoms with Gasteiger partial charge in [0.25, 0.3) is 24.0 Å². The number of sulfonamides is 2. The van der Waals surface area contributed by atoms with Gasteiger partial charge in [-0.1, -0.05) is 53.8 Å². The van der Waals surface area contributed by atoms with E-state index in [0.29, 0.717) is 35.0 Å². The topological polar surface area (TPSA) is 334 Å². The van der Waals surface area contributed by atoms with E-state index in [9.17, 15) is 68.3 Å². The Morgan fingerprint density at radius 3 is 1.33 bits per heavy atom. The van der Waals surface area contributed by atoms with Crippen LogP contribution in [0.15, 0.2) is 89.6 Å². The van der Waals surface area contributed by atoms with E-state index in [1.807, 2.05) is 0 Å². The molecule has 88 heavy (non-hydrogen) atoms. The van der Waals surface area contributed by atoms with Crippen LogP contribution >= 0.6 is 93.7 Å². The van der Waals surface area contributed by atoms with Crippen LogP contribution in [0.4, 0.5) is 17.6 Å². The average Bonchev–Trinajstić information content (AvgIpc) is 1.46. The predicted molar refractivity (Wildman–Crippen MR) is 327 cm³/mol. The molecule has 474 valence electrons. The molecular formula is C50H48BBr3Cl4F4N10O14S2. The number of benzene rings is 4. The van der Waals surface area contributed by atoms with Crippen LogP contribution in [0.1, 0.15) is 83.0 Å². The molecule has 2 aromatic heterocycles. The summed E-state index contributed by atoms with van der Waals surface area (Å²) in [6, 6.07) is 11.3. The van der Waals surface area contributed by atoms with Crippen LogP contribution in [0.5, 0.6) is 34.5 Å². The van der Waals surface area contributed by atoms with Crippen molar-refractivity contribution in [3.63, 3.8) is 0 Å². The van der Waals surface area contributed by atoms with E-state index in [0.717, 1.165) is 62.1 Å². The van der Waals surface area contributed by atoms with Crippen molar-refractivity contribution < 1.29 is 63.3 Å². The summed E-state index contributed by atoms with van der Waals surface area (Å²) in [5.74, 6) is -1.66. The number of phenols is 1. The quantitative estimate of drug-likeness (QED) is 0.0293. The summed E-state index contributed by atoms with van der Waals surface area (Å²) in [5.41, 5.74) is -7.59. The van der Waals surface area contributed by atoms with Crippen LogP contribution in [-0.2, 0) is 29.6 Å². The average molecular weight is 1550 g/mol. The molecule has 0 saturated heterocycles. The zero-order valence-electron chi connectivity index (χ0n) is 44.1. The number of rotatable bonds is 19. The summed E-state index contributed by atoms with van der Waals surface area (Å²) in [6.45, 7) is 0. The third-order valence-electron chi connectivity index (χ3n) is 13.2. The van der Waals surface area contributed by atoms with Gasteiger partial charge >= 0.3 is 14.6 Å². The number of alkyl halides is 4. The number of halogens is 11. The fraction of sp³-hybridized carbons (Fsp3) is 0.360. The van der Waals surface area contributed by atoms with Crippen molar-refractivity contribution in [2.45, 2.75) is 106 Å². The van der Waals surface area contributed by atoms with E-state index in [4.69, 9.17) is 60.6 Å². The second-order valence-corrected chi connectivity index (χ2v) is 31.1. The summed E-state index contributed by atoms with van der Waals surface area (Å²) in [5, 5.41) is 22.0. The lowest BCUT2D eigenvalue weighted by molar-refractivity contribution is -0.128. The maximum atomic E-state index is 13.2. The minimum atomic E-state index is -4.22. The van der Waals surface area contributed by atoms with Gasteiger partial charge in [-0.15, -0.1) is 47.3 Å². The molecule has 0 aliphatic heterocycles. The minimum absolute atomic E-state index is 0. The van der Waals surface area contributed by atoms with Crippen molar-refractivity contribution in [3.8, 4) is 45.9 Å². The first-order valence-corrected chi connectivity index (χ1v) is 32.6. The molecule has 4 aliphatic carbocycles. The number of aromatic nitrogens is 6. The number of nitrogens with zero attached hydrogens (tertiary/aromatic N) is 4. The molecule has 2 amide bonds. The Bertz CT molecular complexity index is 4080. The zero-order chi connectivity index (χ0) is 63.6. The molecule has 0 spiro atoms. The molecule has 0 bridgehead atoms. The van der Waals surface area contributed by atoms with Gasteiger partial charge in [0, 0.05) is 48.1 Å². The van der Waals surface area contributed by atoms with Crippen molar-refractivity contribution >= 4 is 129 Å². The molecule has 10 rings (SSSR count). The number of carbonyl (C=O) groups is 2. The van der Waals surface area contributed by atoms with Gasteiger partial charge in [0.15, 0.2) is 22.9 Å². The SMILES string of the molecule is BrB(Br)Br.C.COc1ccc(Oc2c(Cl)cc(-n3nc(C(F)F)c(=O)[nH]c3=O)cc2Cl)cc1S(=O)(=O)NC1CC(C(=O)NC2CC2)C1.O=C(NC1CC1)C1CC(NS(=O)(=O)c2cc(Oc3c(Cl)cc(-n4nc(C(F)F)c(=O)[nH]c4=O)cc3Cl)ccc2O)C1. The Balaban J connectivity index is 0.000000234. The Labute approximate surface area is 541 Å². The summed E-state index contributed by atoms with van der Waals surface area (Å²) in [7, 11) is -7.03. The summed E-state index contributed by atoms with van der Waals surface area (Å²) < 4.78 is 128. The molecule has 4 aliphatic rings. The monoisotopic (exact) mass is 1540 g/mol. The van der Waals surface area contributed by atoms with Gasteiger partial charge in [-0.2, -0.15) is 19.6 Å². The van der Waals surface area contributed by atoms with Gasteiger partial charge < -0.3 is 30.0 Å². The Morgan fingerprint density at radius 2 is 0.977 bits per heavy atom. The zero-order valence-corrected chi connectivity index (χ0v) is 53.6. The predicted octanol–water partition coefficient (Wildman–Crippen LogP) is 9.09. The van der Waals surface area contributed by atoms with Crippen LogP contribution < -0.4 is 56.8 Å². The number of carbonyl (C=O) groups excluding carboxylic acids is 2. The van der Waals surface area contributed by atoms with E-state index in [1.54, 1.807) is 9.97 Å². The number of aromatic amines is 2. The highest BCUT2D eigenvalue weighted by Crippen LogP contribution is 2.42. The number of ether oxygens (including phenoxy) is 3. The van der Waals surface area contributed by atoms with Crippen molar-refractivity contribution in [1.29, 1.82) is 0 Å². The number of hydrogen-bond donors (Lipinski definition) is 7. The normalized spacial score (nSPS) is 17.8. The van der Waals surface area contributed by atoms with E-state index in [1.165, 1.54) is 31.4 Å².